The molecular weight excluding hydrogens is 344 g/mol. The highest BCUT2D eigenvalue weighted by atomic mass is 16.5. The molecule has 1 aliphatic rings. The predicted molar refractivity (Wildman–Crippen MR) is 89.9 cm³/mol. The number of carbonyl (C=O) groups is 4. The van der Waals surface area contributed by atoms with Crippen LogP contribution in [0, 0.1) is 5.92 Å². The third kappa shape index (κ3) is 4.71. The fourth-order valence-corrected chi connectivity index (χ4v) is 2.71. The molecule has 0 radical (unpaired) electrons. The average molecular weight is 364 g/mol. The van der Waals surface area contributed by atoms with E-state index in [0.29, 0.717) is 11.4 Å². The van der Waals surface area contributed by atoms with E-state index in [0.717, 1.165) is 0 Å². The van der Waals surface area contributed by atoms with Crippen molar-refractivity contribution in [1.29, 1.82) is 0 Å². The Balaban J connectivity index is 2.00. The summed E-state index contributed by atoms with van der Waals surface area (Å²) in [7, 11) is 1.53. The SMILES string of the molecule is COc1ccc(N2CC(C(=O)N[C@@H](CCC(=O)O)C(=O)O)CC2=O)cc1. The number of hydrogen-bond acceptors (Lipinski definition) is 5. The number of carbonyl (C=O) groups excluding carboxylic acids is 2. The van der Waals surface area contributed by atoms with Gasteiger partial charge in [-0.1, -0.05) is 0 Å². The molecule has 2 amide bonds. The van der Waals surface area contributed by atoms with Gasteiger partial charge < -0.3 is 25.2 Å². The van der Waals surface area contributed by atoms with E-state index in [1.165, 1.54) is 12.0 Å². The molecule has 1 aliphatic heterocycles. The van der Waals surface area contributed by atoms with E-state index in [-0.39, 0.29) is 31.7 Å². The maximum Gasteiger partial charge on any atom is 0.326 e. The summed E-state index contributed by atoms with van der Waals surface area (Å²) < 4.78 is 5.06. The number of nitrogens with zero attached hydrogens (tertiary/aromatic N) is 1. The van der Waals surface area contributed by atoms with Crippen molar-refractivity contribution in [3.63, 3.8) is 0 Å². The molecule has 2 atom stereocenters. The van der Waals surface area contributed by atoms with Gasteiger partial charge in [0.1, 0.15) is 11.8 Å². The molecular formula is C17H20N2O7. The monoisotopic (exact) mass is 364 g/mol. The number of amides is 2. The van der Waals surface area contributed by atoms with Crippen molar-refractivity contribution < 1.29 is 34.1 Å². The minimum atomic E-state index is -1.31. The van der Waals surface area contributed by atoms with E-state index in [1.807, 2.05) is 0 Å². The lowest BCUT2D eigenvalue weighted by atomic mass is 10.1. The Bertz CT molecular complexity index is 702. The second kappa shape index (κ2) is 8.32. The minimum absolute atomic E-state index is 0.0386. The van der Waals surface area contributed by atoms with Gasteiger partial charge in [0, 0.05) is 25.1 Å². The van der Waals surface area contributed by atoms with E-state index in [2.05, 4.69) is 5.32 Å². The number of benzene rings is 1. The van der Waals surface area contributed by atoms with Gasteiger partial charge in [-0.15, -0.1) is 0 Å². The Morgan fingerprint density at radius 3 is 2.46 bits per heavy atom. The second-order valence-corrected chi connectivity index (χ2v) is 5.94. The van der Waals surface area contributed by atoms with Crippen molar-refractivity contribution in [1.82, 2.24) is 5.32 Å². The molecule has 1 aromatic rings. The largest absolute Gasteiger partial charge is 0.497 e. The standard InChI is InChI=1S/C17H20N2O7/c1-26-12-4-2-11(3-5-12)19-9-10(8-14(19)20)16(23)18-13(17(24)25)6-7-15(21)22/h2-5,10,13H,6-9H2,1H3,(H,18,23)(H,21,22)(H,24,25)/t10?,13-/m0/s1. The van der Waals surface area contributed by atoms with Gasteiger partial charge in [0.15, 0.2) is 0 Å². The van der Waals surface area contributed by atoms with Crippen LogP contribution in [0.5, 0.6) is 5.75 Å². The molecule has 0 spiro atoms. The van der Waals surface area contributed by atoms with Crippen molar-refractivity contribution in [3.05, 3.63) is 24.3 Å². The fraction of sp³-hybridized carbons (Fsp3) is 0.412. The molecule has 9 heteroatoms. The quantitative estimate of drug-likeness (QED) is 0.611. The molecule has 1 saturated heterocycles. The summed E-state index contributed by atoms with van der Waals surface area (Å²) in [5, 5.41) is 20.1. The van der Waals surface area contributed by atoms with Gasteiger partial charge >= 0.3 is 11.9 Å². The van der Waals surface area contributed by atoms with Crippen LogP contribution in [-0.4, -0.2) is 53.7 Å². The number of carboxylic acids is 2. The Morgan fingerprint density at radius 1 is 1.27 bits per heavy atom. The summed E-state index contributed by atoms with van der Waals surface area (Å²) in [4.78, 5) is 47.7. The van der Waals surface area contributed by atoms with Crippen LogP contribution < -0.4 is 15.0 Å². The molecule has 9 nitrogen and oxygen atoms in total. The summed E-state index contributed by atoms with van der Waals surface area (Å²) in [5.74, 6) is -3.34. The summed E-state index contributed by atoms with van der Waals surface area (Å²) in [5.41, 5.74) is 0.617. The molecule has 0 aliphatic carbocycles. The van der Waals surface area contributed by atoms with Crippen LogP contribution in [0.4, 0.5) is 5.69 Å². The van der Waals surface area contributed by atoms with Gasteiger partial charge in [-0.2, -0.15) is 0 Å². The van der Waals surface area contributed by atoms with Crippen LogP contribution in [-0.2, 0) is 19.2 Å². The van der Waals surface area contributed by atoms with E-state index < -0.39 is 29.8 Å². The highest BCUT2D eigenvalue weighted by molar-refractivity contribution is 6.00. The van der Waals surface area contributed by atoms with Crippen molar-refractivity contribution >= 4 is 29.4 Å². The zero-order chi connectivity index (χ0) is 19.3. The van der Waals surface area contributed by atoms with Crippen LogP contribution in [0.2, 0.25) is 0 Å². The van der Waals surface area contributed by atoms with E-state index in [9.17, 15) is 19.2 Å². The normalized spacial score (nSPS) is 17.7. The molecule has 26 heavy (non-hydrogen) atoms. The predicted octanol–water partition coefficient (Wildman–Crippen LogP) is 0.482. The Kier molecular flexibility index (Phi) is 6.16. The highest BCUT2D eigenvalue weighted by Crippen LogP contribution is 2.27. The lowest BCUT2D eigenvalue weighted by Crippen LogP contribution is -2.44. The number of aliphatic carboxylic acids is 2. The second-order valence-electron chi connectivity index (χ2n) is 5.94. The summed E-state index contributed by atoms with van der Waals surface area (Å²) in [6, 6.07) is 5.49. The number of anilines is 1. The zero-order valence-electron chi connectivity index (χ0n) is 14.2. The molecule has 3 N–H and O–H groups in total. The number of ether oxygens (including phenoxy) is 1. The van der Waals surface area contributed by atoms with Crippen molar-refractivity contribution in [3.8, 4) is 5.75 Å². The van der Waals surface area contributed by atoms with E-state index in [1.54, 1.807) is 24.3 Å². The summed E-state index contributed by atoms with van der Waals surface area (Å²) >= 11 is 0. The Morgan fingerprint density at radius 2 is 1.92 bits per heavy atom. The van der Waals surface area contributed by atoms with Gasteiger partial charge in [-0.25, -0.2) is 4.79 Å². The summed E-state index contributed by atoms with van der Waals surface area (Å²) in [6.07, 6.45) is -0.638. The van der Waals surface area contributed by atoms with Crippen molar-refractivity contribution in [2.45, 2.75) is 25.3 Å². The first-order valence-corrected chi connectivity index (χ1v) is 8.01. The third-order valence-electron chi connectivity index (χ3n) is 4.14. The lowest BCUT2D eigenvalue weighted by molar-refractivity contribution is -0.143. The van der Waals surface area contributed by atoms with Crippen LogP contribution in [0.3, 0.4) is 0 Å². The van der Waals surface area contributed by atoms with Gasteiger partial charge in [-0.05, 0) is 30.7 Å². The van der Waals surface area contributed by atoms with Crippen molar-refractivity contribution in [2.24, 2.45) is 5.92 Å². The van der Waals surface area contributed by atoms with Crippen molar-refractivity contribution in [2.75, 3.05) is 18.6 Å². The molecule has 0 saturated carbocycles. The first-order valence-electron chi connectivity index (χ1n) is 8.01. The molecule has 0 aromatic heterocycles. The molecule has 0 bridgehead atoms. The zero-order valence-corrected chi connectivity index (χ0v) is 14.2. The topological polar surface area (TPSA) is 133 Å². The Hall–Kier alpha value is -3.10. The van der Waals surface area contributed by atoms with E-state index in [4.69, 9.17) is 14.9 Å². The first-order chi connectivity index (χ1) is 12.3. The highest BCUT2D eigenvalue weighted by Gasteiger charge is 2.36. The Labute approximate surface area is 149 Å². The first kappa shape index (κ1) is 19.2. The fourth-order valence-electron chi connectivity index (χ4n) is 2.71. The molecule has 2 rings (SSSR count). The molecule has 140 valence electrons. The maximum absolute atomic E-state index is 12.3. The van der Waals surface area contributed by atoms with Crippen LogP contribution in [0.15, 0.2) is 24.3 Å². The number of hydrogen-bond donors (Lipinski definition) is 3. The van der Waals surface area contributed by atoms with Gasteiger partial charge in [-0.3, -0.25) is 14.4 Å². The number of methoxy groups -OCH3 is 1. The molecule has 1 fully saturated rings. The number of rotatable bonds is 8. The van der Waals surface area contributed by atoms with Crippen LogP contribution in [0.1, 0.15) is 19.3 Å². The average Bonchev–Trinajstić information content (AvgIpc) is 3.00. The molecule has 1 heterocycles. The minimum Gasteiger partial charge on any atom is -0.497 e. The van der Waals surface area contributed by atoms with Crippen LogP contribution in [0.25, 0.3) is 0 Å². The molecule has 1 unspecified atom stereocenters. The maximum atomic E-state index is 12.3. The third-order valence-corrected chi connectivity index (χ3v) is 4.14. The number of nitrogens with one attached hydrogen (secondary N) is 1. The molecule has 1 aromatic carbocycles. The van der Waals surface area contributed by atoms with Crippen LogP contribution >= 0.6 is 0 Å². The van der Waals surface area contributed by atoms with Gasteiger partial charge in [0.2, 0.25) is 11.8 Å². The van der Waals surface area contributed by atoms with Gasteiger partial charge in [0.05, 0.1) is 13.0 Å². The smallest absolute Gasteiger partial charge is 0.326 e. The number of carboxylic acid groups (broad SMARTS) is 2. The van der Waals surface area contributed by atoms with E-state index >= 15 is 0 Å². The summed E-state index contributed by atoms with van der Waals surface area (Å²) in [6.45, 7) is 0.127. The lowest BCUT2D eigenvalue weighted by Gasteiger charge is -2.18. The van der Waals surface area contributed by atoms with Gasteiger partial charge in [0.25, 0.3) is 0 Å².